The van der Waals surface area contributed by atoms with E-state index in [0.29, 0.717) is 0 Å². The first-order chi connectivity index (χ1) is 9.00. The Hall–Kier alpha value is -1.11. The first kappa shape index (κ1) is 15.3. The van der Waals surface area contributed by atoms with Crippen LogP contribution in [-0.4, -0.2) is 25.7 Å². The Morgan fingerprint density at radius 3 is 2.45 bits per heavy atom. The van der Waals surface area contributed by atoms with Crippen molar-refractivity contribution < 1.29 is 13.2 Å². The van der Waals surface area contributed by atoms with Gasteiger partial charge in [-0.15, -0.1) is 0 Å². The van der Waals surface area contributed by atoms with Crippen molar-refractivity contribution in [2.75, 3.05) is 5.32 Å². The predicted octanol–water partition coefficient (Wildman–Crippen LogP) is 2.09. The van der Waals surface area contributed by atoms with Gasteiger partial charge in [-0.2, -0.15) is 0 Å². The average molecular weight is 298 g/mol. The van der Waals surface area contributed by atoms with Crippen LogP contribution in [0.4, 0.5) is 5.69 Å². The SMILES string of the molecule is CC1(C)CC(Nc2cccc(S(N)(=O)=O)c2)C(C)(C)O1. The van der Waals surface area contributed by atoms with Crippen LogP contribution in [-0.2, 0) is 14.8 Å². The number of hydrogen-bond donors (Lipinski definition) is 2. The summed E-state index contributed by atoms with van der Waals surface area (Å²) in [5.74, 6) is 0. The monoisotopic (exact) mass is 298 g/mol. The molecule has 1 atom stereocenters. The summed E-state index contributed by atoms with van der Waals surface area (Å²) >= 11 is 0. The highest BCUT2D eigenvalue weighted by molar-refractivity contribution is 7.89. The first-order valence-electron chi connectivity index (χ1n) is 6.59. The van der Waals surface area contributed by atoms with Crippen molar-refractivity contribution in [2.45, 2.75) is 56.3 Å². The molecule has 1 unspecified atom stereocenters. The van der Waals surface area contributed by atoms with Gasteiger partial charge in [-0.3, -0.25) is 0 Å². The van der Waals surface area contributed by atoms with E-state index < -0.39 is 10.0 Å². The van der Waals surface area contributed by atoms with Gasteiger partial charge in [-0.1, -0.05) is 6.07 Å². The van der Waals surface area contributed by atoms with Crippen LogP contribution in [0.15, 0.2) is 29.2 Å². The third-order valence-corrected chi connectivity index (χ3v) is 4.49. The third kappa shape index (κ3) is 3.31. The zero-order valence-corrected chi connectivity index (χ0v) is 13.1. The molecule has 1 aliphatic rings. The van der Waals surface area contributed by atoms with Crippen LogP contribution in [0.25, 0.3) is 0 Å². The topological polar surface area (TPSA) is 81.4 Å². The Kier molecular flexibility index (Phi) is 3.60. The highest BCUT2D eigenvalue weighted by Gasteiger charge is 2.45. The fraction of sp³-hybridized carbons (Fsp3) is 0.571. The van der Waals surface area contributed by atoms with Gasteiger partial charge in [0.05, 0.1) is 22.1 Å². The molecule has 5 nitrogen and oxygen atoms in total. The van der Waals surface area contributed by atoms with Crippen LogP contribution in [0.2, 0.25) is 0 Å². The molecule has 1 aromatic rings. The molecular weight excluding hydrogens is 276 g/mol. The second kappa shape index (κ2) is 4.72. The van der Waals surface area contributed by atoms with E-state index in [1.54, 1.807) is 12.1 Å². The second-order valence-electron chi connectivity index (χ2n) is 6.44. The number of nitrogens with two attached hydrogens (primary N) is 1. The van der Waals surface area contributed by atoms with Crippen LogP contribution >= 0.6 is 0 Å². The molecule has 1 aromatic carbocycles. The normalized spacial score (nSPS) is 24.6. The molecule has 0 aromatic heterocycles. The predicted molar refractivity (Wildman–Crippen MR) is 79.1 cm³/mol. The van der Waals surface area contributed by atoms with E-state index in [9.17, 15) is 8.42 Å². The molecule has 3 N–H and O–H groups in total. The summed E-state index contributed by atoms with van der Waals surface area (Å²) in [4.78, 5) is 0.110. The standard InChI is InChI=1S/C14H22N2O3S/c1-13(2)9-12(14(3,4)19-13)16-10-6-5-7-11(8-10)20(15,17)18/h5-8,12,16H,9H2,1-4H3,(H2,15,17,18). The van der Waals surface area contributed by atoms with E-state index in [1.165, 1.54) is 6.07 Å². The van der Waals surface area contributed by atoms with Gasteiger partial charge < -0.3 is 10.1 Å². The Balaban J connectivity index is 2.23. The van der Waals surface area contributed by atoms with E-state index in [2.05, 4.69) is 19.2 Å². The number of nitrogens with one attached hydrogen (secondary N) is 1. The molecule has 1 aliphatic heterocycles. The minimum absolute atomic E-state index is 0.105. The quantitative estimate of drug-likeness (QED) is 0.895. The van der Waals surface area contributed by atoms with Crippen LogP contribution < -0.4 is 10.5 Å². The lowest BCUT2D eigenvalue weighted by Crippen LogP contribution is -2.38. The van der Waals surface area contributed by atoms with E-state index in [-0.39, 0.29) is 22.1 Å². The molecule has 20 heavy (non-hydrogen) atoms. The lowest BCUT2D eigenvalue weighted by atomic mass is 9.94. The summed E-state index contributed by atoms with van der Waals surface area (Å²) < 4.78 is 28.8. The number of sulfonamides is 1. The van der Waals surface area contributed by atoms with Crippen LogP contribution in [0.5, 0.6) is 0 Å². The maximum absolute atomic E-state index is 11.4. The fourth-order valence-corrected chi connectivity index (χ4v) is 3.31. The molecule has 112 valence electrons. The largest absolute Gasteiger partial charge is 0.379 e. The van der Waals surface area contributed by atoms with Crippen molar-refractivity contribution in [3.8, 4) is 0 Å². The smallest absolute Gasteiger partial charge is 0.238 e. The van der Waals surface area contributed by atoms with Crippen molar-refractivity contribution in [1.29, 1.82) is 0 Å². The maximum Gasteiger partial charge on any atom is 0.238 e. The van der Waals surface area contributed by atoms with E-state index >= 15 is 0 Å². The third-order valence-electron chi connectivity index (χ3n) is 3.58. The Bertz CT molecular complexity index is 609. The summed E-state index contributed by atoms with van der Waals surface area (Å²) in [6.07, 6.45) is 0.847. The van der Waals surface area contributed by atoms with Gasteiger partial charge in [0.1, 0.15) is 0 Å². The molecule has 0 saturated carbocycles. The van der Waals surface area contributed by atoms with Gasteiger partial charge in [0.25, 0.3) is 0 Å². The summed E-state index contributed by atoms with van der Waals surface area (Å²) in [5.41, 5.74) is 0.218. The maximum atomic E-state index is 11.4. The lowest BCUT2D eigenvalue weighted by Gasteiger charge is -2.28. The van der Waals surface area contributed by atoms with Crippen molar-refractivity contribution in [2.24, 2.45) is 5.14 Å². The molecule has 0 amide bonds. The molecule has 1 heterocycles. The molecule has 0 bridgehead atoms. The highest BCUT2D eigenvalue weighted by Crippen LogP contribution is 2.38. The average Bonchev–Trinajstić information content (AvgIpc) is 2.45. The zero-order chi connectivity index (χ0) is 15.2. The Morgan fingerprint density at radius 2 is 1.95 bits per heavy atom. The van der Waals surface area contributed by atoms with Gasteiger partial charge in [0, 0.05) is 5.69 Å². The van der Waals surface area contributed by atoms with Crippen LogP contribution in [0.3, 0.4) is 0 Å². The number of benzene rings is 1. The number of hydrogen-bond acceptors (Lipinski definition) is 4. The minimum atomic E-state index is -3.68. The van der Waals surface area contributed by atoms with Crippen molar-refractivity contribution in [3.05, 3.63) is 24.3 Å². The summed E-state index contributed by atoms with van der Waals surface area (Å²) in [6.45, 7) is 8.17. The van der Waals surface area contributed by atoms with Gasteiger partial charge >= 0.3 is 0 Å². The van der Waals surface area contributed by atoms with Crippen molar-refractivity contribution in [1.82, 2.24) is 0 Å². The second-order valence-corrected chi connectivity index (χ2v) is 8.00. The van der Waals surface area contributed by atoms with Crippen molar-refractivity contribution in [3.63, 3.8) is 0 Å². The van der Waals surface area contributed by atoms with Gasteiger partial charge in [-0.25, -0.2) is 13.6 Å². The van der Waals surface area contributed by atoms with Crippen LogP contribution in [0, 0.1) is 0 Å². The lowest BCUT2D eigenvalue weighted by molar-refractivity contribution is -0.0662. The van der Waals surface area contributed by atoms with E-state index in [4.69, 9.17) is 9.88 Å². The molecule has 0 spiro atoms. The molecule has 2 rings (SSSR count). The van der Waals surface area contributed by atoms with Gasteiger partial charge in [0.15, 0.2) is 0 Å². The number of ether oxygens (including phenoxy) is 1. The molecule has 1 saturated heterocycles. The number of anilines is 1. The van der Waals surface area contributed by atoms with Gasteiger partial charge in [0.2, 0.25) is 10.0 Å². The summed E-state index contributed by atoms with van der Waals surface area (Å²) in [6, 6.07) is 6.65. The Labute approximate surface area is 120 Å². The Morgan fingerprint density at radius 1 is 1.30 bits per heavy atom. The minimum Gasteiger partial charge on any atom is -0.379 e. The van der Waals surface area contributed by atoms with E-state index in [0.717, 1.165) is 12.1 Å². The van der Waals surface area contributed by atoms with Crippen molar-refractivity contribution >= 4 is 15.7 Å². The zero-order valence-electron chi connectivity index (χ0n) is 12.3. The number of primary sulfonamides is 1. The molecule has 6 heteroatoms. The molecule has 1 fully saturated rings. The van der Waals surface area contributed by atoms with Crippen LogP contribution in [0.1, 0.15) is 34.1 Å². The molecular formula is C14H22N2O3S. The van der Waals surface area contributed by atoms with Gasteiger partial charge in [-0.05, 0) is 52.3 Å². The number of rotatable bonds is 3. The summed E-state index contributed by atoms with van der Waals surface area (Å²) in [5, 5.41) is 8.50. The van der Waals surface area contributed by atoms with E-state index in [1.807, 2.05) is 19.9 Å². The highest BCUT2D eigenvalue weighted by atomic mass is 32.2. The molecule has 0 aliphatic carbocycles. The fourth-order valence-electron chi connectivity index (χ4n) is 2.75. The molecule has 0 radical (unpaired) electrons. The summed E-state index contributed by atoms with van der Waals surface area (Å²) in [7, 11) is -3.68. The first-order valence-corrected chi connectivity index (χ1v) is 8.14.